The molecule has 1 saturated heterocycles. The summed E-state index contributed by atoms with van der Waals surface area (Å²) in [5.74, 6) is 0.732. The van der Waals surface area contributed by atoms with Crippen LogP contribution >= 0.6 is 0 Å². The first kappa shape index (κ1) is 16.7. The van der Waals surface area contributed by atoms with Gasteiger partial charge in [-0.3, -0.25) is 14.6 Å². The quantitative estimate of drug-likeness (QED) is 0.938. The molecule has 0 spiro atoms. The summed E-state index contributed by atoms with van der Waals surface area (Å²) in [7, 11) is 0. The Morgan fingerprint density at radius 1 is 1.33 bits per heavy atom. The standard InChI is InChI=1S/C19H25N3O2/c1-3-13(4-2)19(24)22-10-7-14(8-11-22)16-12-15-6-5-9-20-17(15)18(23)21-16/h5-6,9,12-14H,3-4,7-8,10-11H2,1-2H3,(H,21,23). The number of nitrogens with one attached hydrogen (secondary N) is 1. The molecule has 0 atom stereocenters. The largest absolute Gasteiger partial charge is 0.342 e. The molecular formula is C19H25N3O2. The van der Waals surface area contributed by atoms with E-state index in [9.17, 15) is 9.59 Å². The number of carbonyl (C=O) groups excluding carboxylic acids is 1. The summed E-state index contributed by atoms with van der Waals surface area (Å²) >= 11 is 0. The lowest BCUT2D eigenvalue weighted by molar-refractivity contribution is -0.136. The summed E-state index contributed by atoms with van der Waals surface area (Å²) < 4.78 is 0. The zero-order valence-corrected chi connectivity index (χ0v) is 14.4. The molecule has 5 nitrogen and oxygen atoms in total. The molecule has 1 aliphatic heterocycles. The van der Waals surface area contributed by atoms with Gasteiger partial charge >= 0.3 is 0 Å². The highest BCUT2D eigenvalue weighted by molar-refractivity contribution is 5.79. The molecule has 0 aliphatic carbocycles. The van der Waals surface area contributed by atoms with Gasteiger partial charge in [-0.25, -0.2) is 0 Å². The van der Waals surface area contributed by atoms with Gasteiger partial charge in [-0.15, -0.1) is 0 Å². The van der Waals surface area contributed by atoms with Gasteiger partial charge in [0.25, 0.3) is 5.56 Å². The van der Waals surface area contributed by atoms with E-state index >= 15 is 0 Å². The fourth-order valence-corrected chi connectivity index (χ4v) is 3.64. The molecule has 2 aromatic heterocycles. The van der Waals surface area contributed by atoms with Crippen LogP contribution in [0.4, 0.5) is 0 Å². The third-order valence-corrected chi connectivity index (χ3v) is 5.20. The minimum atomic E-state index is -0.126. The number of fused-ring (bicyclic) bond motifs is 1. The number of aromatic amines is 1. The van der Waals surface area contributed by atoms with Crippen molar-refractivity contribution in [2.24, 2.45) is 5.92 Å². The van der Waals surface area contributed by atoms with Crippen molar-refractivity contribution in [1.82, 2.24) is 14.9 Å². The minimum Gasteiger partial charge on any atom is -0.342 e. The molecule has 128 valence electrons. The first-order valence-electron chi connectivity index (χ1n) is 8.90. The molecule has 1 aliphatic rings. The van der Waals surface area contributed by atoms with Gasteiger partial charge in [-0.2, -0.15) is 0 Å². The second kappa shape index (κ2) is 7.16. The molecule has 1 N–H and O–H groups in total. The van der Waals surface area contributed by atoms with Crippen LogP contribution in [0.2, 0.25) is 0 Å². The molecule has 5 heteroatoms. The molecule has 1 fully saturated rings. The Kier molecular flexibility index (Phi) is 4.97. The topological polar surface area (TPSA) is 66.1 Å². The summed E-state index contributed by atoms with van der Waals surface area (Å²) in [6, 6.07) is 5.81. The zero-order valence-electron chi connectivity index (χ0n) is 14.4. The maximum absolute atomic E-state index is 12.5. The highest BCUT2D eigenvalue weighted by Crippen LogP contribution is 2.28. The van der Waals surface area contributed by atoms with E-state index < -0.39 is 0 Å². The minimum absolute atomic E-state index is 0.126. The van der Waals surface area contributed by atoms with Crippen molar-refractivity contribution in [1.29, 1.82) is 0 Å². The SMILES string of the molecule is CCC(CC)C(=O)N1CCC(c2cc3cccnc3c(=O)[nH]2)CC1. The van der Waals surface area contributed by atoms with Crippen molar-refractivity contribution in [3.63, 3.8) is 0 Å². The van der Waals surface area contributed by atoms with Crippen LogP contribution in [0.5, 0.6) is 0 Å². The molecule has 3 heterocycles. The second-order valence-corrected chi connectivity index (χ2v) is 6.61. The number of piperidine rings is 1. The third kappa shape index (κ3) is 3.21. The molecule has 0 aromatic carbocycles. The van der Waals surface area contributed by atoms with Crippen LogP contribution in [-0.4, -0.2) is 33.9 Å². The smallest absolute Gasteiger partial charge is 0.274 e. The Morgan fingerprint density at radius 2 is 2.04 bits per heavy atom. The van der Waals surface area contributed by atoms with Crippen molar-refractivity contribution >= 4 is 16.8 Å². The lowest BCUT2D eigenvalue weighted by Crippen LogP contribution is -2.41. The Hall–Kier alpha value is -2.17. The van der Waals surface area contributed by atoms with Crippen molar-refractivity contribution < 1.29 is 4.79 Å². The van der Waals surface area contributed by atoms with Crippen LogP contribution in [-0.2, 0) is 4.79 Å². The fourth-order valence-electron chi connectivity index (χ4n) is 3.64. The van der Waals surface area contributed by atoms with Gasteiger partial charge in [-0.1, -0.05) is 19.9 Å². The average Bonchev–Trinajstić information content (AvgIpc) is 2.63. The molecular weight excluding hydrogens is 302 g/mol. The summed E-state index contributed by atoms with van der Waals surface area (Å²) in [5.41, 5.74) is 1.33. The number of amides is 1. The van der Waals surface area contributed by atoms with Gasteiger partial charge in [0.2, 0.25) is 5.91 Å². The summed E-state index contributed by atoms with van der Waals surface area (Å²) in [6.07, 6.45) is 5.24. The predicted molar refractivity (Wildman–Crippen MR) is 95.0 cm³/mol. The molecule has 2 aromatic rings. The lowest BCUT2D eigenvalue weighted by atomic mass is 9.91. The van der Waals surface area contributed by atoms with Gasteiger partial charge in [-0.05, 0) is 37.8 Å². The molecule has 0 saturated carbocycles. The van der Waals surface area contributed by atoms with Crippen LogP contribution < -0.4 is 5.56 Å². The van der Waals surface area contributed by atoms with Gasteiger partial charge in [0.05, 0.1) is 0 Å². The summed E-state index contributed by atoms with van der Waals surface area (Å²) in [6.45, 7) is 5.69. The van der Waals surface area contributed by atoms with Crippen molar-refractivity contribution in [3.8, 4) is 0 Å². The van der Waals surface area contributed by atoms with Crippen molar-refractivity contribution in [2.75, 3.05) is 13.1 Å². The van der Waals surface area contributed by atoms with E-state index in [1.165, 1.54) is 0 Å². The Bertz CT molecular complexity index is 772. The normalized spacial score (nSPS) is 16.0. The number of pyridine rings is 2. The Morgan fingerprint density at radius 3 is 2.71 bits per heavy atom. The highest BCUT2D eigenvalue weighted by atomic mass is 16.2. The first-order chi connectivity index (χ1) is 11.6. The van der Waals surface area contributed by atoms with E-state index in [0.29, 0.717) is 11.4 Å². The second-order valence-electron chi connectivity index (χ2n) is 6.61. The maximum atomic E-state index is 12.5. The molecule has 3 rings (SSSR count). The van der Waals surface area contributed by atoms with Crippen LogP contribution in [0.15, 0.2) is 29.2 Å². The molecule has 24 heavy (non-hydrogen) atoms. The number of hydrogen-bond donors (Lipinski definition) is 1. The summed E-state index contributed by atoms with van der Waals surface area (Å²) in [5, 5.41) is 0.881. The molecule has 0 bridgehead atoms. The number of nitrogens with zero attached hydrogens (tertiary/aromatic N) is 2. The number of hydrogen-bond acceptors (Lipinski definition) is 3. The number of carbonyl (C=O) groups is 1. The van der Waals surface area contributed by atoms with E-state index in [1.54, 1.807) is 6.20 Å². The van der Waals surface area contributed by atoms with Crippen molar-refractivity contribution in [3.05, 3.63) is 40.4 Å². The predicted octanol–water partition coefficient (Wildman–Crippen LogP) is 3.07. The van der Waals surface area contributed by atoms with Crippen molar-refractivity contribution in [2.45, 2.75) is 45.4 Å². The maximum Gasteiger partial charge on any atom is 0.274 e. The van der Waals surface area contributed by atoms with Crippen LogP contribution in [0.1, 0.15) is 51.1 Å². The molecule has 0 unspecified atom stereocenters. The zero-order chi connectivity index (χ0) is 17.1. The van der Waals surface area contributed by atoms with Gasteiger partial charge in [0, 0.05) is 42.2 Å². The van der Waals surface area contributed by atoms with E-state index in [-0.39, 0.29) is 17.4 Å². The van der Waals surface area contributed by atoms with Crippen LogP contribution in [0, 0.1) is 5.92 Å². The highest BCUT2D eigenvalue weighted by Gasteiger charge is 2.27. The summed E-state index contributed by atoms with van der Waals surface area (Å²) in [4.78, 5) is 33.8. The van der Waals surface area contributed by atoms with E-state index in [4.69, 9.17) is 0 Å². The molecule has 1 amide bonds. The van der Waals surface area contributed by atoms with Gasteiger partial charge in [0.1, 0.15) is 5.52 Å². The van der Waals surface area contributed by atoms with E-state index in [2.05, 4.69) is 23.8 Å². The first-order valence-corrected chi connectivity index (χ1v) is 8.90. The van der Waals surface area contributed by atoms with Gasteiger partial charge < -0.3 is 9.88 Å². The van der Waals surface area contributed by atoms with E-state index in [0.717, 1.165) is 49.9 Å². The Labute approximate surface area is 142 Å². The van der Waals surface area contributed by atoms with Gasteiger partial charge in [0.15, 0.2) is 0 Å². The Balaban J connectivity index is 1.73. The number of likely N-dealkylation sites (tertiary alicyclic amines) is 1. The number of H-pyrrole nitrogens is 1. The van der Waals surface area contributed by atoms with E-state index in [1.807, 2.05) is 23.1 Å². The average molecular weight is 327 g/mol. The molecule has 0 radical (unpaired) electrons. The fraction of sp³-hybridized carbons (Fsp3) is 0.526. The number of aromatic nitrogens is 2. The third-order valence-electron chi connectivity index (χ3n) is 5.20. The monoisotopic (exact) mass is 327 g/mol. The van der Waals surface area contributed by atoms with Crippen LogP contribution in [0.3, 0.4) is 0 Å². The van der Waals surface area contributed by atoms with Crippen LogP contribution in [0.25, 0.3) is 10.9 Å². The number of rotatable bonds is 4. The lowest BCUT2D eigenvalue weighted by Gasteiger charge is -2.34.